The SMILES string of the molecule is CCCCC(=O)c1cc(Cl)cc(CC)c1O. The van der Waals surface area contributed by atoms with Crippen molar-refractivity contribution in [1.29, 1.82) is 0 Å². The predicted molar refractivity (Wildman–Crippen MR) is 66.4 cm³/mol. The number of carbonyl (C=O) groups is 1. The Morgan fingerprint density at radius 2 is 2.06 bits per heavy atom. The van der Waals surface area contributed by atoms with Gasteiger partial charge in [0.1, 0.15) is 5.75 Å². The molecule has 0 aliphatic carbocycles. The standard InChI is InChI=1S/C13H17ClO2/c1-3-5-6-12(15)11-8-10(14)7-9(4-2)13(11)16/h7-8,16H,3-6H2,1-2H3. The van der Waals surface area contributed by atoms with E-state index in [-0.39, 0.29) is 11.5 Å². The third-order valence-electron chi connectivity index (χ3n) is 2.59. The molecule has 0 saturated carbocycles. The maximum atomic E-state index is 11.8. The van der Waals surface area contributed by atoms with E-state index in [1.54, 1.807) is 12.1 Å². The third-order valence-corrected chi connectivity index (χ3v) is 2.81. The lowest BCUT2D eigenvalue weighted by molar-refractivity contribution is 0.0977. The Hall–Kier alpha value is -1.02. The summed E-state index contributed by atoms with van der Waals surface area (Å²) in [5.74, 6) is 0.0598. The lowest BCUT2D eigenvalue weighted by atomic mass is 10.0. The van der Waals surface area contributed by atoms with Crippen molar-refractivity contribution in [2.75, 3.05) is 0 Å². The van der Waals surface area contributed by atoms with E-state index in [2.05, 4.69) is 0 Å². The van der Waals surface area contributed by atoms with E-state index < -0.39 is 0 Å². The molecule has 0 aliphatic rings. The number of ketones is 1. The van der Waals surface area contributed by atoms with Crippen LogP contribution >= 0.6 is 11.6 Å². The lowest BCUT2D eigenvalue weighted by Crippen LogP contribution is -2.01. The molecule has 16 heavy (non-hydrogen) atoms. The Bertz CT molecular complexity index is 386. The van der Waals surface area contributed by atoms with Gasteiger partial charge in [-0.3, -0.25) is 4.79 Å². The second-order valence-electron chi connectivity index (χ2n) is 3.84. The molecular formula is C13H17ClO2. The zero-order valence-electron chi connectivity index (χ0n) is 9.72. The Kier molecular flexibility index (Phi) is 4.81. The Morgan fingerprint density at radius 1 is 1.38 bits per heavy atom. The number of rotatable bonds is 5. The Labute approximate surface area is 101 Å². The smallest absolute Gasteiger partial charge is 0.166 e. The van der Waals surface area contributed by atoms with Crippen molar-refractivity contribution in [2.45, 2.75) is 39.5 Å². The number of benzene rings is 1. The van der Waals surface area contributed by atoms with Crippen molar-refractivity contribution in [3.8, 4) is 5.75 Å². The average molecular weight is 241 g/mol. The fourth-order valence-corrected chi connectivity index (χ4v) is 1.85. The summed E-state index contributed by atoms with van der Waals surface area (Å²) in [6, 6.07) is 3.25. The second kappa shape index (κ2) is 5.90. The van der Waals surface area contributed by atoms with E-state index in [9.17, 15) is 9.90 Å². The number of hydrogen-bond acceptors (Lipinski definition) is 2. The van der Waals surface area contributed by atoms with E-state index in [1.807, 2.05) is 13.8 Å². The molecule has 0 heterocycles. The minimum atomic E-state index is -0.0310. The molecule has 2 nitrogen and oxygen atoms in total. The summed E-state index contributed by atoms with van der Waals surface area (Å²) in [4.78, 5) is 11.8. The first-order valence-corrected chi connectivity index (χ1v) is 6.02. The highest BCUT2D eigenvalue weighted by Gasteiger charge is 2.14. The van der Waals surface area contributed by atoms with E-state index in [4.69, 9.17) is 11.6 Å². The molecule has 0 aromatic heterocycles. The van der Waals surface area contributed by atoms with Crippen molar-refractivity contribution in [2.24, 2.45) is 0 Å². The number of phenolic OH excluding ortho intramolecular Hbond substituents is 1. The summed E-state index contributed by atoms with van der Waals surface area (Å²) >= 11 is 5.92. The van der Waals surface area contributed by atoms with E-state index in [0.717, 1.165) is 18.4 Å². The number of aryl methyl sites for hydroxylation is 1. The summed E-state index contributed by atoms with van der Waals surface area (Å²) in [5, 5.41) is 10.4. The molecule has 0 spiro atoms. The van der Waals surface area contributed by atoms with Crippen LogP contribution in [0.1, 0.15) is 49.0 Å². The summed E-state index contributed by atoms with van der Waals surface area (Å²) < 4.78 is 0. The highest BCUT2D eigenvalue weighted by molar-refractivity contribution is 6.31. The van der Waals surface area contributed by atoms with Crippen LogP contribution < -0.4 is 0 Å². The number of carbonyl (C=O) groups excluding carboxylic acids is 1. The maximum Gasteiger partial charge on any atom is 0.166 e. The van der Waals surface area contributed by atoms with Gasteiger partial charge in [0.25, 0.3) is 0 Å². The summed E-state index contributed by atoms with van der Waals surface area (Å²) in [5.41, 5.74) is 1.09. The van der Waals surface area contributed by atoms with Gasteiger partial charge < -0.3 is 5.11 Å². The molecule has 0 unspecified atom stereocenters. The summed E-state index contributed by atoms with van der Waals surface area (Å²) in [7, 11) is 0. The van der Waals surface area contributed by atoms with Gasteiger partial charge in [-0.2, -0.15) is 0 Å². The van der Waals surface area contributed by atoms with Gasteiger partial charge >= 0.3 is 0 Å². The largest absolute Gasteiger partial charge is 0.507 e. The quantitative estimate of drug-likeness (QED) is 0.791. The van der Waals surface area contributed by atoms with Gasteiger partial charge in [0.15, 0.2) is 5.78 Å². The van der Waals surface area contributed by atoms with Gasteiger partial charge in [0.05, 0.1) is 5.56 Å². The highest BCUT2D eigenvalue weighted by atomic mass is 35.5. The zero-order valence-corrected chi connectivity index (χ0v) is 10.5. The normalized spacial score (nSPS) is 10.4. The van der Waals surface area contributed by atoms with Gasteiger partial charge in [0, 0.05) is 11.4 Å². The van der Waals surface area contributed by atoms with Crippen molar-refractivity contribution >= 4 is 17.4 Å². The number of hydrogen-bond donors (Lipinski definition) is 1. The molecule has 1 rings (SSSR count). The average Bonchev–Trinajstić information content (AvgIpc) is 2.28. The maximum absolute atomic E-state index is 11.8. The van der Waals surface area contributed by atoms with Crippen molar-refractivity contribution < 1.29 is 9.90 Å². The molecule has 88 valence electrons. The molecule has 1 aromatic rings. The number of halogens is 1. The highest BCUT2D eigenvalue weighted by Crippen LogP contribution is 2.28. The molecule has 3 heteroatoms. The van der Waals surface area contributed by atoms with E-state index in [1.165, 1.54) is 0 Å². The van der Waals surface area contributed by atoms with Gasteiger partial charge in [-0.25, -0.2) is 0 Å². The lowest BCUT2D eigenvalue weighted by Gasteiger charge is -2.08. The first-order valence-electron chi connectivity index (χ1n) is 5.64. The van der Waals surface area contributed by atoms with Crippen molar-refractivity contribution in [3.63, 3.8) is 0 Å². The van der Waals surface area contributed by atoms with Crippen LogP contribution in [0, 0.1) is 0 Å². The van der Waals surface area contributed by atoms with Gasteiger partial charge in [0.2, 0.25) is 0 Å². The van der Waals surface area contributed by atoms with Gasteiger partial charge in [-0.1, -0.05) is 31.9 Å². The first-order chi connectivity index (χ1) is 7.60. The number of unbranched alkanes of at least 4 members (excludes halogenated alkanes) is 1. The molecule has 1 aromatic carbocycles. The Balaban J connectivity index is 3.03. The van der Waals surface area contributed by atoms with Crippen LogP contribution in [-0.4, -0.2) is 10.9 Å². The van der Waals surface area contributed by atoms with Gasteiger partial charge in [-0.05, 0) is 30.5 Å². The fraction of sp³-hybridized carbons (Fsp3) is 0.462. The molecule has 0 aliphatic heterocycles. The van der Waals surface area contributed by atoms with Crippen LogP contribution in [0.5, 0.6) is 5.75 Å². The molecule has 0 radical (unpaired) electrons. The molecule has 0 saturated heterocycles. The molecule has 1 N–H and O–H groups in total. The van der Waals surface area contributed by atoms with Crippen LogP contribution in [0.3, 0.4) is 0 Å². The third kappa shape index (κ3) is 2.99. The monoisotopic (exact) mass is 240 g/mol. The van der Waals surface area contributed by atoms with Crippen LogP contribution in [0.2, 0.25) is 5.02 Å². The van der Waals surface area contributed by atoms with Crippen LogP contribution in [0.25, 0.3) is 0 Å². The first kappa shape index (κ1) is 13.0. The molecule has 0 atom stereocenters. The number of phenols is 1. The Morgan fingerprint density at radius 3 is 2.62 bits per heavy atom. The zero-order chi connectivity index (χ0) is 12.1. The van der Waals surface area contributed by atoms with Crippen LogP contribution in [0.15, 0.2) is 12.1 Å². The summed E-state index contributed by atoms with van der Waals surface area (Å²) in [6.45, 7) is 3.95. The van der Waals surface area contributed by atoms with E-state index >= 15 is 0 Å². The number of Topliss-reactive ketones (excluding diaryl/α,β-unsaturated/α-hetero) is 1. The second-order valence-corrected chi connectivity index (χ2v) is 4.28. The minimum Gasteiger partial charge on any atom is -0.507 e. The topological polar surface area (TPSA) is 37.3 Å². The van der Waals surface area contributed by atoms with E-state index in [0.29, 0.717) is 23.4 Å². The molecule has 0 fully saturated rings. The van der Waals surface area contributed by atoms with Gasteiger partial charge in [-0.15, -0.1) is 0 Å². The fourth-order valence-electron chi connectivity index (χ4n) is 1.61. The molecule has 0 bridgehead atoms. The number of aromatic hydroxyl groups is 1. The van der Waals surface area contributed by atoms with Crippen molar-refractivity contribution in [1.82, 2.24) is 0 Å². The van der Waals surface area contributed by atoms with Crippen LogP contribution in [-0.2, 0) is 6.42 Å². The minimum absolute atomic E-state index is 0.0310. The summed E-state index contributed by atoms with van der Waals surface area (Å²) in [6.07, 6.45) is 2.94. The van der Waals surface area contributed by atoms with Crippen LogP contribution in [0.4, 0.5) is 0 Å². The van der Waals surface area contributed by atoms with Crippen molar-refractivity contribution in [3.05, 3.63) is 28.3 Å². The predicted octanol–water partition coefficient (Wildman–Crippen LogP) is 3.98. The molecule has 0 amide bonds. The molecular weight excluding hydrogens is 224 g/mol.